The lowest BCUT2D eigenvalue weighted by Crippen LogP contribution is -2.54. The molecule has 30 heavy (non-hydrogen) atoms. The summed E-state index contributed by atoms with van der Waals surface area (Å²) in [6.45, 7) is 0.483. The zero-order chi connectivity index (χ0) is 22.4. The van der Waals surface area contributed by atoms with Crippen molar-refractivity contribution in [3.05, 3.63) is 29.5 Å². The van der Waals surface area contributed by atoms with E-state index in [0.717, 1.165) is 11.3 Å². The Labute approximate surface area is 171 Å². The predicted molar refractivity (Wildman–Crippen MR) is 95.1 cm³/mol. The normalized spacial score (nSPS) is 18.0. The molecule has 0 radical (unpaired) electrons. The molecule has 1 saturated heterocycles. The number of rotatable bonds is 4. The molecule has 3 heterocycles. The van der Waals surface area contributed by atoms with Crippen molar-refractivity contribution in [2.75, 3.05) is 31.1 Å². The van der Waals surface area contributed by atoms with E-state index in [1.54, 1.807) is 5.38 Å². The summed E-state index contributed by atoms with van der Waals surface area (Å²) in [5, 5.41) is 10.9. The van der Waals surface area contributed by atoms with Crippen LogP contribution in [0.15, 0.2) is 28.3 Å². The summed E-state index contributed by atoms with van der Waals surface area (Å²) in [4.78, 5) is 12.4. The maximum atomic E-state index is 12.9. The summed E-state index contributed by atoms with van der Waals surface area (Å²) in [7, 11) is -3.29. The van der Waals surface area contributed by atoms with E-state index in [1.165, 1.54) is 15.4 Å². The quantitative estimate of drug-likeness (QED) is 0.575. The van der Waals surface area contributed by atoms with Crippen LogP contribution in [-0.2, 0) is 5.60 Å². The predicted octanol–water partition coefficient (Wildman–Crippen LogP) is 3.09. The first-order valence-electron chi connectivity index (χ1n) is 8.14. The van der Waals surface area contributed by atoms with Crippen LogP contribution in [0.2, 0.25) is 0 Å². The van der Waals surface area contributed by atoms with E-state index < -0.39 is 34.3 Å². The minimum atomic E-state index is -6.02. The van der Waals surface area contributed by atoms with E-state index >= 15 is 0 Å². The van der Waals surface area contributed by atoms with Crippen molar-refractivity contribution in [2.24, 2.45) is 0 Å². The van der Waals surface area contributed by atoms with Crippen molar-refractivity contribution in [3.8, 4) is 0 Å². The molecule has 1 fully saturated rings. The van der Waals surface area contributed by atoms with Crippen molar-refractivity contribution in [1.82, 2.24) is 19.3 Å². The van der Waals surface area contributed by atoms with E-state index in [2.05, 4.69) is 15.0 Å². The third-order valence-corrected chi connectivity index (χ3v) is 7.59. The summed E-state index contributed by atoms with van der Waals surface area (Å²) in [5.41, 5.74) is -6.65. The highest BCUT2D eigenvalue weighted by Crippen LogP contribution is 2.52. The number of aliphatic hydroxyl groups is 1. The number of thiazole rings is 1. The molecule has 0 aliphatic carbocycles. The number of aromatic nitrogens is 3. The first-order valence-corrected chi connectivity index (χ1v) is 10.5. The molecule has 0 unspecified atom stereocenters. The molecule has 0 amide bonds. The van der Waals surface area contributed by atoms with E-state index in [4.69, 9.17) is 0 Å². The Bertz CT molecular complexity index is 840. The molecule has 0 bridgehead atoms. The van der Waals surface area contributed by atoms with Crippen LogP contribution in [0.3, 0.4) is 0 Å². The molecule has 3 N–H and O–H groups in total. The molecule has 1 aliphatic rings. The minimum absolute atomic E-state index is 0.113. The van der Waals surface area contributed by atoms with Crippen molar-refractivity contribution >= 4 is 28.1 Å². The fourth-order valence-electron chi connectivity index (χ4n) is 2.76. The van der Waals surface area contributed by atoms with Crippen molar-refractivity contribution in [2.45, 2.75) is 22.3 Å². The van der Waals surface area contributed by atoms with Gasteiger partial charge in [-0.05, 0) is 0 Å². The van der Waals surface area contributed by atoms with Crippen LogP contribution >= 0.6 is 22.1 Å². The van der Waals surface area contributed by atoms with Crippen LogP contribution in [-0.4, -0.2) is 72.0 Å². The highest BCUT2D eigenvalue weighted by atomic mass is 32.3. The number of nitrogens with zero attached hydrogens (tertiary/aromatic N) is 5. The second-order valence-electron chi connectivity index (χ2n) is 6.21. The Morgan fingerprint density at radius 1 is 0.900 bits per heavy atom. The summed E-state index contributed by atoms with van der Waals surface area (Å²) < 4.78 is 99.8. The first kappa shape index (κ1) is 23.0. The van der Waals surface area contributed by atoms with Gasteiger partial charge in [-0.25, -0.2) is 15.0 Å². The zero-order valence-corrected chi connectivity index (χ0v) is 16.4. The summed E-state index contributed by atoms with van der Waals surface area (Å²) >= 11 is 1.07. The molecule has 0 atom stereocenters. The van der Waals surface area contributed by atoms with E-state index in [9.17, 15) is 40.6 Å². The van der Waals surface area contributed by atoms with Gasteiger partial charge < -0.3 is 10.0 Å². The lowest BCUT2D eigenvalue weighted by Gasteiger charge is -2.45. The van der Waals surface area contributed by atoms with E-state index in [1.807, 2.05) is 0 Å². The molecule has 1 aliphatic heterocycles. The molecule has 168 valence electrons. The number of halogens is 6. The van der Waals surface area contributed by atoms with Gasteiger partial charge in [-0.2, -0.15) is 30.6 Å². The third kappa shape index (κ3) is 3.94. The first-order chi connectivity index (χ1) is 13.8. The second kappa shape index (κ2) is 7.76. The Balaban J connectivity index is 1.74. The second-order valence-corrected chi connectivity index (χ2v) is 9.30. The fourth-order valence-corrected chi connectivity index (χ4v) is 5.21. The Hall–Kier alpha value is -1.72. The molecule has 2 aromatic heterocycles. The largest absolute Gasteiger partial charge is 0.430 e. The van der Waals surface area contributed by atoms with Crippen molar-refractivity contribution in [1.29, 1.82) is 0 Å². The lowest BCUT2D eigenvalue weighted by atomic mass is 9.95. The summed E-state index contributed by atoms with van der Waals surface area (Å²) in [6, 6.07) is 0. The van der Waals surface area contributed by atoms with Crippen LogP contribution in [0.1, 0.15) is 5.56 Å². The number of hydrogen-bond acceptors (Lipinski definition) is 9. The Morgan fingerprint density at radius 2 is 1.43 bits per heavy atom. The summed E-state index contributed by atoms with van der Waals surface area (Å²) in [5.74, 6) is -0.157. The molecule has 16 heteroatoms. The van der Waals surface area contributed by atoms with Gasteiger partial charge in [0.2, 0.25) is 10.3 Å². The Kier molecular flexibility index (Phi) is 5.94. The van der Waals surface area contributed by atoms with Gasteiger partial charge in [0.05, 0.1) is 0 Å². The highest BCUT2D eigenvalue weighted by molar-refractivity contribution is 8.23. The topological polar surface area (TPSA) is 106 Å². The lowest BCUT2D eigenvalue weighted by molar-refractivity contribution is -0.376. The smallest absolute Gasteiger partial charge is 0.369 e. The van der Waals surface area contributed by atoms with Gasteiger partial charge in [-0.1, -0.05) is 10.8 Å². The minimum Gasteiger partial charge on any atom is -0.369 e. The zero-order valence-electron chi connectivity index (χ0n) is 14.8. The van der Waals surface area contributed by atoms with Gasteiger partial charge in [0, 0.05) is 55.7 Å². The number of piperazine rings is 1. The van der Waals surface area contributed by atoms with Gasteiger partial charge in [0.25, 0.3) is 5.60 Å². The average molecular weight is 479 g/mol. The molecular weight excluding hydrogens is 464 g/mol. The molecule has 0 aromatic carbocycles. The molecule has 8 nitrogen and oxygen atoms in total. The maximum Gasteiger partial charge on any atom is 0.430 e. The van der Waals surface area contributed by atoms with Crippen LogP contribution in [0.4, 0.5) is 32.3 Å². The maximum absolute atomic E-state index is 12.9. The Morgan fingerprint density at radius 3 is 1.87 bits per heavy atom. The van der Waals surface area contributed by atoms with Crippen molar-refractivity contribution < 1.29 is 40.6 Å². The van der Waals surface area contributed by atoms with Crippen LogP contribution < -0.4 is 4.90 Å². The molecule has 0 spiro atoms. The molecule has 2 aromatic rings. The van der Waals surface area contributed by atoms with E-state index in [0.29, 0.717) is 0 Å². The number of hydrogen-bond donors (Lipinski definition) is 3. The van der Waals surface area contributed by atoms with Gasteiger partial charge >= 0.3 is 12.4 Å². The van der Waals surface area contributed by atoms with Crippen LogP contribution in [0, 0.1) is 0 Å². The molecule has 0 saturated carbocycles. The summed E-state index contributed by atoms with van der Waals surface area (Å²) in [6.07, 6.45) is -10.1. The van der Waals surface area contributed by atoms with Gasteiger partial charge in [-0.15, -0.1) is 11.3 Å². The van der Waals surface area contributed by atoms with Crippen LogP contribution in [0.5, 0.6) is 0 Å². The number of alkyl halides is 6. The SMILES string of the molecule is OC(c1cnc(N2CCN(S(O)(O)c3nccs3)CC2)nc1)(C(F)(F)F)C(F)(F)F. The van der Waals surface area contributed by atoms with Gasteiger partial charge in [0.1, 0.15) is 0 Å². The molecule has 3 rings (SSSR count). The van der Waals surface area contributed by atoms with Gasteiger partial charge in [0.15, 0.2) is 0 Å². The monoisotopic (exact) mass is 479 g/mol. The standard InChI is InChI=1S/C14H15F6N5O3S2/c15-13(16,17)12(26,14(18,19)20)9-7-22-10(23-8-9)24-2-4-25(5-3-24)30(27,28)11-21-1-6-29-11/h1,6-8,26-28H,2-5H2. The number of anilines is 1. The highest BCUT2D eigenvalue weighted by Gasteiger charge is 2.71. The fraction of sp³-hybridized carbons (Fsp3) is 0.500. The third-order valence-electron chi connectivity index (χ3n) is 4.40. The average Bonchev–Trinajstić information content (AvgIpc) is 3.21. The molecular formula is C14H15F6N5O3S2. The van der Waals surface area contributed by atoms with E-state index in [-0.39, 0.29) is 48.9 Å². The van der Waals surface area contributed by atoms with Crippen LogP contribution in [0.25, 0.3) is 0 Å². The van der Waals surface area contributed by atoms with Crippen molar-refractivity contribution in [3.63, 3.8) is 0 Å². The van der Waals surface area contributed by atoms with Gasteiger partial charge in [-0.3, -0.25) is 9.11 Å².